The number of nitrogens with one attached hydrogen (secondary N) is 2. The number of carbonyl (C=O) groups excluding carboxylic acids is 1. The zero-order valence-corrected chi connectivity index (χ0v) is 24.7. The number of anilines is 1. The number of aromatic nitrogens is 4. The molecular formula is C34H35N7O2. The highest BCUT2D eigenvalue weighted by atomic mass is 16.5. The Bertz CT molecular complexity index is 1710. The van der Waals surface area contributed by atoms with E-state index in [1.807, 2.05) is 73.8 Å². The van der Waals surface area contributed by atoms with Gasteiger partial charge in [0.1, 0.15) is 5.75 Å². The van der Waals surface area contributed by atoms with Crippen molar-refractivity contribution in [2.45, 2.75) is 13.5 Å². The lowest BCUT2D eigenvalue weighted by atomic mass is 10.0. The molecule has 1 fully saturated rings. The lowest BCUT2D eigenvalue weighted by Gasteiger charge is -2.32. The van der Waals surface area contributed by atoms with Gasteiger partial charge in [-0.2, -0.15) is 0 Å². The van der Waals surface area contributed by atoms with E-state index in [1.54, 1.807) is 25.7 Å². The molecule has 0 unspecified atom stereocenters. The Morgan fingerprint density at radius 1 is 1.00 bits per heavy atom. The molecule has 9 heteroatoms. The molecule has 5 aromatic rings. The molecule has 4 heterocycles. The monoisotopic (exact) mass is 573 g/mol. The minimum absolute atomic E-state index is 0.186. The van der Waals surface area contributed by atoms with E-state index in [9.17, 15) is 4.79 Å². The Kier molecular flexibility index (Phi) is 8.26. The molecule has 6 rings (SSSR count). The van der Waals surface area contributed by atoms with Gasteiger partial charge in [-0.3, -0.25) is 14.7 Å². The van der Waals surface area contributed by atoms with Crippen LogP contribution in [0.4, 0.5) is 5.69 Å². The molecule has 218 valence electrons. The van der Waals surface area contributed by atoms with Crippen LogP contribution < -0.4 is 10.1 Å². The van der Waals surface area contributed by atoms with Crippen molar-refractivity contribution in [2.75, 3.05) is 45.7 Å². The third kappa shape index (κ3) is 6.33. The van der Waals surface area contributed by atoms with Crippen LogP contribution in [0.5, 0.6) is 5.75 Å². The molecule has 0 aliphatic carbocycles. The lowest BCUT2D eigenvalue weighted by Crippen LogP contribution is -2.43. The number of rotatable bonds is 8. The highest BCUT2D eigenvalue weighted by molar-refractivity contribution is 6.04. The van der Waals surface area contributed by atoms with Crippen molar-refractivity contribution in [3.8, 4) is 39.7 Å². The fourth-order valence-electron chi connectivity index (χ4n) is 5.38. The zero-order chi connectivity index (χ0) is 29.8. The molecule has 3 aromatic heterocycles. The van der Waals surface area contributed by atoms with Crippen molar-refractivity contribution in [3.05, 3.63) is 102 Å². The highest BCUT2D eigenvalue weighted by Crippen LogP contribution is 2.34. The van der Waals surface area contributed by atoms with Crippen molar-refractivity contribution in [2.24, 2.45) is 0 Å². The number of H-pyrrole nitrogens is 1. The number of hydrogen-bond acceptors (Lipinski definition) is 7. The van der Waals surface area contributed by atoms with Crippen LogP contribution in [0.3, 0.4) is 0 Å². The van der Waals surface area contributed by atoms with Crippen LogP contribution in [0.25, 0.3) is 33.9 Å². The first-order chi connectivity index (χ1) is 21.0. The standard InChI is InChI=1S/C34H35N7O2/c1-23-20-37-32(31(23)33-36-14-12-29(39-33)26-5-4-13-35-21-26)24-8-10-28(11-9-24)38-34(42)25-6-7-27(30(19-25)43-3)22-41-17-15-40(2)16-18-41/h4-14,19-21,37H,15-18,22H2,1-3H3,(H,38,42). The summed E-state index contributed by atoms with van der Waals surface area (Å²) in [5.41, 5.74) is 7.94. The van der Waals surface area contributed by atoms with Gasteiger partial charge in [-0.15, -0.1) is 0 Å². The number of nitrogens with zero attached hydrogens (tertiary/aromatic N) is 5. The minimum Gasteiger partial charge on any atom is -0.496 e. The molecule has 2 aromatic carbocycles. The van der Waals surface area contributed by atoms with Gasteiger partial charge in [-0.05, 0) is 67.6 Å². The topological polar surface area (TPSA) is 99.3 Å². The molecule has 43 heavy (non-hydrogen) atoms. The Labute approximate surface area is 251 Å². The normalized spacial score (nSPS) is 14.0. The van der Waals surface area contributed by atoms with Gasteiger partial charge in [0.15, 0.2) is 5.82 Å². The van der Waals surface area contributed by atoms with Crippen LogP contribution in [-0.4, -0.2) is 76.0 Å². The average molecular weight is 574 g/mol. The van der Waals surface area contributed by atoms with Crippen LogP contribution in [0, 0.1) is 6.92 Å². The molecule has 1 aliphatic rings. The summed E-state index contributed by atoms with van der Waals surface area (Å²) in [5.74, 6) is 1.18. The molecular weight excluding hydrogens is 538 g/mol. The van der Waals surface area contributed by atoms with E-state index in [-0.39, 0.29) is 5.91 Å². The third-order valence-corrected chi connectivity index (χ3v) is 7.88. The van der Waals surface area contributed by atoms with Crippen molar-refractivity contribution in [1.29, 1.82) is 0 Å². The largest absolute Gasteiger partial charge is 0.496 e. The first kappa shape index (κ1) is 28.3. The molecule has 0 saturated carbocycles. The molecule has 1 saturated heterocycles. The van der Waals surface area contributed by atoms with E-state index < -0.39 is 0 Å². The average Bonchev–Trinajstić information content (AvgIpc) is 3.44. The Balaban J connectivity index is 1.17. The Hall–Kier alpha value is -4.86. The minimum atomic E-state index is -0.186. The van der Waals surface area contributed by atoms with Crippen LogP contribution in [0.1, 0.15) is 21.5 Å². The van der Waals surface area contributed by atoms with Gasteiger partial charge in [0.25, 0.3) is 5.91 Å². The van der Waals surface area contributed by atoms with Crippen molar-refractivity contribution in [1.82, 2.24) is 29.7 Å². The first-order valence-electron chi connectivity index (χ1n) is 14.4. The van der Waals surface area contributed by atoms with Crippen molar-refractivity contribution < 1.29 is 9.53 Å². The SMILES string of the molecule is COc1cc(C(=O)Nc2ccc(-c3[nH]cc(C)c3-c3nccc(-c4cccnc4)n3)cc2)ccc1CN1CCN(C)CC1. The predicted molar refractivity (Wildman–Crippen MR) is 169 cm³/mol. The summed E-state index contributed by atoms with van der Waals surface area (Å²) in [6.45, 7) is 6.99. The smallest absolute Gasteiger partial charge is 0.255 e. The van der Waals surface area contributed by atoms with E-state index >= 15 is 0 Å². The summed E-state index contributed by atoms with van der Waals surface area (Å²) in [6.07, 6.45) is 7.27. The molecule has 0 atom stereocenters. The van der Waals surface area contributed by atoms with Crippen molar-refractivity contribution >= 4 is 11.6 Å². The van der Waals surface area contributed by atoms with E-state index in [2.05, 4.69) is 37.1 Å². The third-order valence-electron chi connectivity index (χ3n) is 7.88. The van der Waals surface area contributed by atoms with Gasteiger partial charge < -0.3 is 19.9 Å². The second-order valence-electron chi connectivity index (χ2n) is 10.9. The summed E-state index contributed by atoms with van der Waals surface area (Å²) >= 11 is 0. The van der Waals surface area contributed by atoms with E-state index in [1.165, 1.54) is 0 Å². The summed E-state index contributed by atoms with van der Waals surface area (Å²) < 4.78 is 5.66. The number of carbonyl (C=O) groups is 1. The summed E-state index contributed by atoms with van der Waals surface area (Å²) in [6, 6.07) is 19.2. The number of amides is 1. The number of methoxy groups -OCH3 is 1. The zero-order valence-electron chi connectivity index (χ0n) is 24.7. The maximum atomic E-state index is 13.2. The molecule has 9 nitrogen and oxygen atoms in total. The maximum absolute atomic E-state index is 13.2. The lowest BCUT2D eigenvalue weighted by molar-refractivity contribution is 0.102. The Morgan fingerprint density at radius 2 is 1.81 bits per heavy atom. The second-order valence-corrected chi connectivity index (χ2v) is 10.9. The summed E-state index contributed by atoms with van der Waals surface area (Å²) in [5, 5.41) is 3.02. The quantitative estimate of drug-likeness (QED) is 0.252. The van der Waals surface area contributed by atoms with Crippen LogP contribution in [-0.2, 0) is 6.54 Å². The molecule has 1 aliphatic heterocycles. The van der Waals surface area contributed by atoms with Crippen molar-refractivity contribution in [3.63, 3.8) is 0 Å². The van der Waals surface area contributed by atoms with Gasteiger partial charge in [0, 0.05) is 85.5 Å². The number of benzene rings is 2. The molecule has 0 radical (unpaired) electrons. The number of ether oxygens (including phenoxy) is 1. The fraction of sp³-hybridized carbons (Fsp3) is 0.235. The highest BCUT2D eigenvalue weighted by Gasteiger charge is 2.18. The molecule has 2 N–H and O–H groups in total. The second kappa shape index (κ2) is 12.6. The number of piperazine rings is 1. The maximum Gasteiger partial charge on any atom is 0.255 e. The van der Waals surface area contributed by atoms with Gasteiger partial charge >= 0.3 is 0 Å². The van der Waals surface area contributed by atoms with Crippen LogP contribution >= 0.6 is 0 Å². The molecule has 0 bridgehead atoms. The fourth-order valence-corrected chi connectivity index (χ4v) is 5.38. The number of aromatic amines is 1. The predicted octanol–water partition coefficient (Wildman–Crippen LogP) is 5.52. The van der Waals surface area contributed by atoms with Gasteiger partial charge in [0.05, 0.1) is 18.5 Å². The number of aryl methyl sites for hydroxylation is 1. The number of hydrogen-bond donors (Lipinski definition) is 2. The molecule has 1 amide bonds. The van der Waals surface area contributed by atoms with Crippen LogP contribution in [0.2, 0.25) is 0 Å². The first-order valence-corrected chi connectivity index (χ1v) is 14.4. The molecule has 0 spiro atoms. The van der Waals surface area contributed by atoms with Crippen LogP contribution in [0.15, 0.2) is 85.5 Å². The van der Waals surface area contributed by atoms with Gasteiger partial charge in [-0.25, -0.2) is 9.97 Å². The van der Waals surface area contributed by atoms with Gasteiger partial charge in [-0.1, -0.05) is 18.2 Å². The Morgan fingerprint density at radius 3 is 2.56 bits per heavy atom. The summed E-state index contributed by atoms with van der Waals surface area (Å²) in [4.78, 5) is 34.9. The number of likely N-dealkylation sites (N-methyl/N-ethyl adjacent to an activating group) is 1. The van der Waals surface area contributed by atoms with Gasteiger partial charge in [0.2, 0.25) is 0 Å². The summed E-state index contributed by atoms with van der Waals surface area (Å²) in [7, 11) is 3.80. The van der Waals surface area contributed by atoms with E-state index in [0.717, 1.165) is 77.7 Å². The number of pyridine rings is 1. The van der Waals surface area contributed by atoms with E-state index in [4.69, 9.17) is 9.72 Å². The van der Waals surface area contributed by atoms with E-state index in [0.29, 0.717) is 17.1 Å².